The summed E-state index contributed by atoms with van der Waals surface area (Å²) in [5.41, 5.74) is 0. The first-order valence-corrected chi connectivity index (χ1v) is 19.4. The maximum Gasteiger partial charge on any atom is 0.105 e. The lowest BCUT2D eigenvalue weighted by molar-refractivity contribution is 0.486. The normalized spacial score (nSPS) is 30.0. The summed E-state index contributed by atoms with van der Waals surface area (Å²) in [5, 5.41) is 2.20. The highest BCUT2D eigenvalue weighted by Crippen LogP contribution is 2.85. The third-order valence-electron chi connectivity index (χ3n) is 4.92. The van der Waals surface area contributed by atoms with Gasteiger partial charge in [0.1, 0.15) is 26.2 Å². The zero-order valence-corrected chi connectivity index (χ0v) is 20.7. The molecular weight excluding hydrogens is 338 g/mol. The van der Waals surface area contributed by atoms with Crippen molar-refractivity contribution in [3.8, 4) is 0 Å². The Balaban J connectivity index is 3.27. The molecule has 1 rings (SSSR count). The predicted octanol–water partition coefficient (Wildman–Crippen LogP) is 5.62. The average Bonchev–Trinajstić information content (AvgIpc) is 2.34. The molecule has 2 atom stereocenters. The van der Waals surface area contributed by atoms with E-state index in [1.807, 2.05) is 0 Å². The van der Waals surface area contributed by atoms with Crippen LogP contribution in [0.5, 0.6) is 0 Å². The van der Waals surface area contributed by atoms with Gasteiger partial charge in [0.15, 0.2) is 0 Å². The Labute approximate surface area is 145 Å². The van der Waals surface area contributed by atoms with Crippen LogP contribution in [0.3, 0.4) is 0 Å². The molecule has 1 aliphatic rings. The van der Waals surface area contributed by atoms with Crippen LogP contribution < -0.4 is 0 Å². The van der Waals surface area contributed by atoms with Gasteiger partial charge < -0.3 is 0 Å². The smallest absolute Gasteiger partial charge is 0.105 e. The molecule has 0 spiro atoms. The van der Waals surface area contributed by atoms with Gasteiger partial charge in [-0.1, -0.05) is 53.1 Å². The Kier molecular flexibility index (Phi) is 7.79. The molecular formula is C16H41N2P2Si2+. The van der Waals surface area contributed by atoms with Gasteiger partial charge in [0, 0.05) is 21.2 Å². The summed E-state index contributed by atoms with van der Waals surface area (Å²) < 4.78 is 5.80. The molecule has 0 aromatic carbocycles. The van der Waals surface area contributed by atoms with Gasteiger partial charge >= 0.3 is 0 Å². The summed E-state index contributed by atoms with van der Waals surface area (Å²) in [6, 6.07) is 0. The summed E-state index contributed by atoms with van der Waals surface area (Å²) in [6.45, 7) is 30.5. The molecule has 0 amide bonds. The zero-order valence-electron chi connectivity index (χ0n) is 16.8. The molecule has 0 bridgehead atoms. The van der Waals surface area contributed by atoms with Gasteiger partial charge in [-0.15, -0.1) is 0 Å². The molecule has 2 nitrogen and oxygen atoms in total. The van der Waals surface area contributed by atoms with Crippen molar-refractivity contribution in [3.05, 3.63) is 0 Å². The topological polar surface area (TPSA) is 6.48 Å². The summed E-state index contributed by atoms with van der Waals surface area (Å²) in [4.78, 5) is 0. The van der Waals surface area contributed by atoms with Crippen LogP contribution in [0.1, 0.15) is 27.7 Å². The molecule has 0 aromatic rings. The van der Waals surface area contributed by atoms with E-state index in [-0.39, 0.29) is 16.1 Å². The van der Waals surface area contributed by atoms with Crippen LogP contribution in [-0.2, 0) is 0 Å². The first-order chi connectivity index (χ1) is 10.0. The zero-order chi connectivity index (χ0) is 17.3. The van der Waals surface area contributed by atoms with Crippen LogP contribution in [0.2, 0.25) is 39.3 Å². The molecule has 0 aromatic heterocycles. The van der Waals surface area contributed by atoms with Crippen molar-refractivity contribution in [2.24, 2.45) is 0 Å². The molecule has 1 aliphatic heterocycles. The molecule has 0 N–H and O–H groups in total. The van der Waals surface area contributed by atoms with Crippen molar-refractivity contribution in [1.29, 1.82) is 0 Å². The lowest BCUT2D eigenvalue weighted by Gasteiger charge is -2.59. The Bertz CT molecular complexity index is 305. The highest BCUT2D eigenvalue weighted by molar-refractivity contribution is 7.96. The Morgan fingerprint density at radius 2 is 1.09 bits per heavy atom. The largest absolute Gasteiger partial charge is 0.277 e. The number of hydrogen-bond acceptors (Lipinski definition) is 2. The second-order valence-corrected chi connectivity index (χ2v) is 27.4. The molecule has 1 fully saturated rings. The summed E-state index contributed by atoms with van der Waals surface area (Å²) in [6.07, 6.45) is 0. The van der Waals surface area contributed by atoms with Crippen LogP contribution in [0.15, 0.2) is 0 Å². The summed E-state index contributed by atoms with van der Waals surface area (Å²) in [5.74, 6) is 0. The molecule has 132 valence electrons. The highest BCUT2D eigenvalue weighted by Gasteiger charge is 2.68. The summed E-state index contributed by atoms with van der Waals surface area (Å²) in [7, 11) is -2.43. The van der Waals surface area contributed by atoms with E-state index in [2.05, 4.69) is 76.3 Å². The standard InChI is InChI=1S/C16H40N2P2Si2/c1-11-17(12-2)19-15(21(5,6)7)20(18(13-3)14-4)16(19)22(8,9)10/h15-16H,11-14H2,1-10H3/p+1. The van der Waals surface area contributed by atoms with E-state index in [0.717, 1.165) is 10.0 Å². The van der Waals surface area contributed by atoms with Crippen LogP contribution in [0.25, 0.3) is 0 Å². The quantitative estimate of drug-likeness (QED) is 0.399. The predicted molar refractivity (Wildman–Crippen MR) is 115 cm³/mol. The van der Waals surface area contributed by atoms with Crippen LogP contribution in [-0.4, -0.2) is 61.7 Å². The van der Waals surface area contributed by atoms with Crippen LogP contribution in [0.4, 0.5) is 0 Å². The maximum atomic E-state index is 2.92. The van der Waals surface area contributed by atoms with Gasteiger partial charge in [0.05, 0.1) is 8.07 Å². The monoisotopic (exact) mass is 379 g/mol. The van der Waals surface area contributed by atoms with Gasteiger partial charge in [-0.05, 0) is 26.9 Å². The molecule has 1 heterocycles. The van der Waals surface area contributed by atoms with E-state index in [9.17, 15) is 0 Å². The molecule has 22 heavy (non-hydrogen) atoms. The van der Waals surface area contributed by atoms with E-state index in [1.165, 1.54) is 26.2 Å². The fourth-order valence-electron chi connectivity index (χ4n) is 3.98. The first kappa shape index (κ1) is 21.3. The lowest BCUT2D eigenvalue weighted by atomic mass is 10.7. The molecule has 0 saturated carbocycles. The fourth-order valence-corrected chi connectivity index (χ4v) is 32.2. The third-order valence-corrected chi connectivity index (χ3v) is 29.3. The molecule has 0 aliphatic carbocycles. The SMILES string of the molecule is CCN(CC)P1C([Si](C)(C)C)[PH+](N(CC)CC)C1[Si](C)(C)C. The van der Waals surface area contributed by atoms with Crippen molar-refractivity contribution in [2.75, 3.05) is 26.2 Å². The van der Waals surface area contributed by atoms with Crippen LogP contribution >= 0.6 is 16.1 Å². The average molecular weight is 380 g/mol. The van der Waals surface area contributed by atoms with E-state index in [1.54, 1.807) is 0 Å². The van der Waals surface area contributed by atoms with Crippen molar-refractivity contribution < 1.29 is 0 Å². The van der Waals surface area contributed by atoms with E-state index < -0.39 is 16.1 Å². The van der Waals surface area contributed by atoms with Crippen molar-refractivity contribution in [3.63, 3.8) is 0 Å². The minimum Gasteiger partial charge on any atom is -0.277 e. The second-order valence-electron chi connectivity index (χ2n) is 8.65. The van der Waals surface area contributed by atoms with E-state index in [0.29, 0.717) is 0 Å². The van der Waals surface area contributed by atoms with E-state index in [4.69, 9.17) is 0 Å². The molecule has 2 unspecified atom stereocenters. The number of rotatable bonds is 8. The highest BCUT2D eigenvalue weighted by atomic mass is 31.2. The van der Waals surface area contributed by atoms with Gasteiger partial charge in [-0.25, -0.2) is 0 Å². The lowest BCUT2D eigenvalue weighted by Crippen LogP contribution is -2.59. The minimum absolute atomic E-state index is 0.113. The van der Waals surface area contributed by atoms with Crippen molar-refractivity contribution in [2.45, 2.75) is 77.0 Å². The Hall–Kier alpha value is 1.21. The fraction of sp³-hybridized carbons (Fsp3) is 1.00. The first-order valence-electron chi connectivity index (χ1n) is 9.19. The molecule has 1 saturated heterocycles. The second kappa shape index (κ2) is 8.06. The molecule has 0 radical (unpaired) electrons. The van der Waals surface area contributed by atoms with Gasteiger partial charge in [0.2, 0.25) is 0 Å². The van der Waals surface area contributed by atoms with Crippen molar-refractivity contribution in [1.82, 2.24) is 9.34 Å². The van der Waals surface area contributed by atoms with Crippen molar-refractivity contribution >= 4 is 32.3 Å². The summed E-state index contributed by atoms with van der Waals surface area (Å²) >= 11 is 0. The number of hydrogen-bond donors (Lipinski definition) is 0. The minimum atomic E-state index is -1.10. The maximum absolute atomic E-state index is 2.92. The molecule has 6 heteroatoms. The van der Waals surface area contributed by atoms with Gasteiger partial charge in [-0.3, -0.25) is 4.67 Å². The van der Waals surface area contributed by atoms with Crippen LogP contribution in [0, 0.1) is 0 Å². The van der Waals surface area contributed by atoms with Gasteiger partial charge in [-0.2, -0.15) is 4.67 Å². The Morgan fingerprint density at radius 3 is 1.32 bits per heavy atom. The van der Waals surface area contributed by atoms with Gasteiger partial charge in [0.25, 0.3) is 0 Å². The number of nitrogens with zero attached hydrogens (tertiary/aromatic N) is 2. The Morgan fingerprint density at radius 1 is 0.727 bits per heavy atom. The van der Waals surface area contributed by atoms with E-state index >= 15 is 0 Å². The third kappa shape index (κ3) is 4.24.